The predicted octanol–water partition coefficient (Wildman–Crippen LogP) is 4.51. The van der Waals surface area contributed by atoms with Gasteiger partial charge in [-0.05, 0) is 49.2 Å². The summed E-state index contributed by atoms with van der Waals surface area (Å²) < 4.78 is 34.0. The van der Waals surface area contributed by atoms with Gasteiger partial charge in [0.25, 0.3) is 10.0 Å². The van der Waals surface area contributed by atoms with Crippen LogP contribution in [0.1, 0.15) is 13.8 Å². The van der Waals surface area contributed by atoms with Crippen LogP contribution in [0.2, 0.25) is 0 Å². The second kappa shape index (κ2) is 7.50. The van der Waals surface area contributed by atoms with Crippen molar-refractivity contribution in [3.63, 3.8) is 0 Å². The van der Waals surface area contributed by atoms with Gasteiger partial charge in [0, 0.05) is 6.07 Å². The van der Waals surface area contributed by atoms with Crippen molar-refractivity contribution >= 4 is 27.3 Å². The van der Waals surface area contributed by atoms with E-state index in [2.05, 4.69) is 10.0 Å². The molecule has 1 heterocycles. The first kappa shape index (κ1) is 20.0. The molecule has 4 rings (SSSR count). The summed E-state index contributed by atoms with van der Waals surface area (Å²) in [4.78, 5) is 12.4. The van der Waals surface area contributed by atoms with Crippen LogP contribution in [0.4, 0.5) is 11.4 Å². The number of ether oxygens (including phenoxy) is 1. The Labute approximate surface area is 176 Å². The normalized spacial score (nSPS) is 15.3. The lowest BCUT2D eigenvalue weighted by molar-refractivity contribution is -0.124. The van der Waals surface area contributed by atoms with Gasteiger partial charge < -0.3 is 10.1 Å². The summed E-state index contributed by atoms with van der Waals surface area (Å²) in [6.07, 6.45) is 0. The van der Waals surface area contributed by atoms with Gasteiger partial charge in [0.2, 0.25) is 5.91 Å². The Kier molecular flexibility index (Phi) is 4.99. The zero-order valence-electron chi connectivity index (χ0n) is 16.7. The van der Waals surface area contributed by atoms with E-state index < -0.39 is 15.4 Å². The van der Waals surface area contributed by atoms with Gasteiger partial charge >= 0.3 is 0 Å². The van der Waals surface area contributed by atoms with Gasteiger partial charge in [0.05, 0.1) is 21.7 Å². The fraction of sp³-hybridized carbons (Fsp3) is 0.174. The van der Waals surface area contributed by atoms with Crippen molar-refractivity contribution in [3.8, 4) is 16.9 Å². The Morgan fingerprint density at radius 2 is 1.60 bits per heavy atom. The molecule has 0 saturated heterocycles. The monoisotopic (exact) mass is 422 g/mol. The molecule has 3 aromatic rings. The number of sulfonamides is 1. The van der Waals surface area contributed by atoms with Gasteiger partial charge in [-0.15, -0.1) is 0 Å². The van der Waals surface area contributed by atoms with Crippen molar-refractivity contribution in [2.75, 3.05) is 16.6 Å². The Balaban J connectivity index is 1.56. The summed E-state index contributed by atoms with van der Waals surface area (Å²) in [5, 5.41) is 2.82. The number of nitrogens with one attached hydrogen (secondary N) is 2. The van der Waals surface area contributed by atoms with E-state index in [1.807, 2.05) is 30.3 Å². The van der Waals surface area contributed by atoms with Gasteiger partial charge in [0.1, 0.15) is 12.4 Å². The highest BCUT2D eigenvalue weighted by Gasteiger charge is 2.32. The minimum atomic E-state index is -3.77. The second-order valence-corrected chi connectivity index (χ2v) is 9.52. The highest BCUT2D eigenvalue weighted by atomic mass is 32.2. The fourth-order valence-electron chi connectivity index (χ4n) is 3.09. The third-order valence-electron chi connectivity index (χ3n) is 4.96. The molecular formula is C23H22N2O4S. The molecule has 154 valence electrons. The molecule has 0 saturated carbocycles. The lowest BCUT2D eigenvalue weighted by atomic mass is 9.94. The highest BCUT2D eigenvalue weighted by Crippen LogP contribution is 2.35. The van der Waals surface area contributed by atoms with E-state index in [1.54, 1.807) is 56.3 Å². The first-order valence-corrected chi connectivity index (χ1v) is 11.0. The maximum absolute atomic E-state index is 12.8. The molecule has 0 aliphatic carbocycles. The van der Waals surface area contributed by atoms with Crippen LogP contribution in [-0.2, 0) is 14.8 Å². The lowest BCUT2D eigenvalue weighted by Crippen LogP contribution is -2.33. The second-order valence-electron chi connectivity index (χ2n) is 7.83. The lowest BCUT2D eigenvalue weighted by Gasteiger charge is -2.18. The summed E-state index contributed by atoms with van der Waals surface area (Å²) >= 11 is 0. The van der Waals surface area contributed by atoms with Gasteiger partial charge in [0.15, 0.2) is 0 Å². The molecule has 0 fully saturated rings. The van der Waals surface area contributed by atoms with Crippen LogP contribution in [-0.4, -0.2) is 20.9 Å². The maximum Gasteiger partial charge on any atom is 0.261 e. The standard InChI is InChI=1S/C23H22N2O4S/c1-23(2)15-29-21-14-18(10-13-20(21)24-22(23)26)25-30(27,28)19-11-8-17(9-12-19)16-6-4-3-5-7-16/h3-14,25H,15H2,1-2H3,(H,24,26). The average Bonchev–Trinajstić information content (AvgIpc) is 2.84. The van der Waals surface area contributed by atoms with Crippen LogP contribution in [0.3, 0.4) is 0 Å². The van der Waals surface area contributed by atoms with Crippen molar-refractivity contribution in [3.05, 3.63) is 72.8 Å². The van der Waals surface area contributed by atoms with E-state index in [0.717, 1.165) is 11.1 Å². The molecule has 3 aromatic carbocycles. The third-order valence-corrected chi connectivity index (χ3v) is 6.35. The minimum Gasteiger partial charge on any atom is -0.490 e. The molecule has 0 spiro atoms. The number of fused-ring (bicyclic) bond motifs is 1. The third kappa shape index (κ3) is 4.02. The minimum absolute atomic E-state index is 0.145. The number of carbonyl (C=O) groups is 1. The van der Waals surface area contributed by atoms with Crippen LogP contribution in [0.5, 0.6) is 5.75 Å². The van der Waals surface area contributed by atoms with E-state index in [4.69, 9.17) is 4.74 Å². The van der Waals surface area contributed by atoms with Crippen molar-refractivity contribution in [2.24, 2.45) is 5.41 Å². The summed E-state index contributed by atoms with van der Waals surface area (Å²) in [5.74, 6) is 0.279. The smallest absolute Gasteiger partial charge is 0.261 e. The van der Waals surface area contributed by atoms with E-state index in [9.17, 15) is 13.2 Å². The van der Waals surface area contributed by atoms with E-state index in [-0.39, 0.29) is 17.4 Å². The molecule has 0 aromatic heterocycles. The molecule has 1 aliphatic heterocycles. The first-order valence-electron chi connectivity index (χ1n) is 9.51. The number of benzene rings is 3. The van der Waals surface area contributed by atoms with Crippen LogP contribution in [0.15, 0.2) is 77.7 Å². The van der Waals surface area contributed by atoms with Crippen molar-refractivity contribution in [1.82, 2.24) is 0 Å². The zero-order valence-corrected chi connectivity index (χ0v) is 17.5. The quantitative estimate of drug-likeness (QED) is 0.648. The zero-order chi connectivity index (χ0) is 21.4. The van der Waals surface area contributed by atoms with E-state index in [0.29, 0.717) is 17.1 Å². The highest BCUT2D eigenvalue weighted by molar-refractivity contribution is 7.92. The number of amides is 1. The molecule has 2 N–H and O–H groups in total. The molecule has 0 bridgehead atoms. The van der Waals surface area contributed by atoms with Gasteiger partial charge in [-0.2, -0.15) is 0 Å². The predicted molar refractivity (Wildman–Crippen MR) is 117 cm³/mol. The summed E-state index contributed by atoms with van der Waals surface area (Å²) in [5.41, 5.74) is 2.14. The summed E-state index contributed by atoms with van der Waals surface area (Å²) in [6.45, 7) is 3.77. The molecule has 7 heteroatoms. The molecule has 0 atom stereocenters. The number of hydrogen-bond donors (Lipinski definition) is 2. The molecule has 0 radical (unpaired) electrons. The molecule has 6 nitrogen and oxygen atoms in total. The summed E-state index contributed by atoms with van der Waals surface area (Å²) in [6, 6.07) is 21.3. The Morgan fingerprint density at radius 3 is 2.30 bits per heavy atom. The molecule has 1 amide bonds. The average molecular weight is 423 g/mol. The van der Waals surface area contributed by atoms with Crippen LogP contribution in [0.25, 0.3) is 11.1 Å². The van der Waals surface area contributed by atoms with Gasteiger partial charge in [-0.1, -0.05) is 42.5 Å². The van der Waals surface area contributed by atoms with Crippen LogP contribution < -0.4 is 14.8 Å². The molecular weight excluding hydrogens is 400 g/mol. The molecule has 1 aliphatic rings. The largest absolute Gasteiger partial charge is 0.490 e. The van der Waals surface area contributed by atoms with Crippen molar-refractivity contribution in [1.29, 1.82) is 0 Å². The van der Waals surface area contributed by atoms with Gasteiger partial charge in [-0.25, -0.2) is 8.42 Å². The van der Waals surface area contributed by atoms with E-state index >= 15 is 0 Å². The Morgan fingerprint density at radius 1 is 0.933 bits per heavy atom. The SMILES string of the molecule is CC1(C)COc2cc(NS(=O)(=O)c3ccc(-c4ccccc4)cc3)ccc2NC1=O. The topological polar surface area (TPSA) is 84.5 Å². The van der Waals surface area contributed by atoms with Crippen LogP contribution in [0, 0.1) is 5.41 Å². The fourth-order valence-corrected chi connectivity index (χ4v) is 4.14. The number of carbonyl (C=O) groups excluding carboxylic acids is 1. The summed E-state index contributed by atoms with van der Waals surface area (Å²) in [7, 11) is -3.77. The van der Waals surface area contributed by atoms with Gasteiger partial charge in [-0.3, -0.25) is 9.52 Å². The number of rotatable bonds is 4. The Hall–Kier alpha value is -3.32. The number of hydrogen-bond acceptors (Lipinski definition) is 4. The first-order chi connectivity index (χ1) is 14.2. The van der Waals surface area contributed by atoms with E-state index in [1.165, 1.54) is 0 Å². The molecule has 0 unspecified atom stereocenters. The van der Waals surface area contributed by atoms with Crippen molar-refractivity contribution in [2.45, 2.75) is 18.7 Å². The maximum atomic E-state index is 12.8. The number of anilines is 2. The van der Waals surface area contributed by atoms with Crippen LogP contribution >= 0.6 is 0 Å². The van der Waals surface area contributed by atoms with Crippen molar-refractivity contribution < 1.29 is 17.9 Å². The Bertz CT molecular complexity index is 1190. The molecule has 30 heavy (non-hydrogen) atoms.